The molecular weight excluding hydrogens is 344 g/mol. The molecule has 0 amide bonds. The van der Waals surface area contributed by atoms with Crippen LogP contribution in [0.3, 0.4) is 0 Å². The number of benzene rings is 1. The lowest BCUT2D eigenvalue weighted by Gasteiger charge is -2.19. The molecule has 2 rings (SSSR count). The molecule has 0 aliphatic carbocycles. The molecule has 1 aromatic carbocycles. The van der Waals surface area contributed by atoms with Gasteiger partial charge in [0.25, 0.3) is 0 Å². The van der Waals surface area contributed by atoms with Gasteiger partial charge in [-0.3, -0.25) is 0 Å². The summed E-state index contributed by atoms with van der Waals surface area (Å²) >= 11 is 3.57. The summed E-state index contributed by atoms with van der Waals surface area (Å²) in [5.74, 6) is 2.35. The van der Waals surface area contributed by atoms with Crippen molar-refractivity contribution >= 4 is 27.4 Å². The maximum atomic E-state index is 5.44. The van der Waals surface area contributed by atoms with E-state index in [2.05, 4.69) is 32.3 Å². The van der Waals surface area contributed by atoms with Gasteiger partial charge in [0, 0.05) is 22.9 Å². The number of aryl methyl sites for hydroxylation is 2. The van der Waals surface area contributed by atoms with Crippen LogP contribution in [0.1, 0.15) is 22.4 Å². The molecule has 1 N–H and O–H groups in total. The molecule has 4 nitrogen and oxygen atoms in total. The number of aromatic nitrogens is 1. The summed E-state index contributed by atoms with van der Waals surface area (Å²) in [5, 5.41) is 3.41. The minimum atomic E-state index is 0.782. The van der Waals surface area contributed by atoms with Crippen LogP contribution in [0.25, 0.3) is 0 Å². The first-order chi connectivity index (χ1) is 10.4. The summed E-state index contributed by atoms with van der Waals surface area (Å²) in [5.41, 5.74) is 5.14. The minimum absolute atomic E-state index is 0.782. The monoisotopic (exact) mass is 364 g/mol. The van der Waals surface area contributed by atoms with Gasteiger partial charge < -0.3 is 14.8 Å². The van der Waals surface area contributed by atoms with Crippen LogP contribution < -0.4 is 14.8 Å². The highest BCUT2D eigenvalue weighted by Gasteiger charge is 2.16. The molecule has 0 spiro atoms. The van der Waals surface area contributed by atoms with Crippen molar-refractivity contribution in [3.63, 3.8) is 0 Å². The molecule has 2 aromatic rings. The number of rotatable bonds is 4. The summed E-state index contributed by atoms with van der Waals surface area (Å²) in [7, 11) is 3.32. The average Bonchev–Trinajstić information content (AvgIpc) is 2.49. The first kappa shape index (κ1) is 16.6. The van der Waals surface area contributed by atoms with Crippen molar-refractivity contribution in [2.45, 2.75) is 27.7 Å². The molecule has 118 valence electrons. The van der Waals surface area contributed by atoms with E-state index < -0.39 is 0 Å². The van der Waals surface area contributed by atoms with Crippen LogP contribution in [-0.4, -0.2) is 19.2 Å². The van der Waals surface area contributed by atoms with Crippen molar-refractivity contribution < 1.29 is 9.47 Å². The first-order valence-corrected chi connectivity index (χ1v) is 7.81. The molecule has 0 aliphatic heterocycles. The quantitative estimate of drug-likeness (QED) is 0.842. The highest BCUT2D eigenvalue weighted by Crippen LogP contribution is 2.38. The minimum Gasteiger partial charge on any atom is -0.496 e. The lowest BCUT2D eigenvalue weighted by Crippen LogP contribution is -2.04. The van der Waals surface area contributed by atoms with E-state index in [0.29, 0.717) is 0 Å². The van der Waals surface area contributed by atoms with Gasteiger partial charge in [-0.1, -0.05) is 0 Å². The Labute approximate surface area is 140 Å². The second-order valence-electron chi connectivity index (χ2n) is 5.25. The zero-order valence-corrected chi connectivity index (χ0v) is 15.4. The third kappa shape index (κ3) is 3.04. The third-order valence-corrected chi connectivity index (χ3v) is 4.46. The predicted octanol–water partition coefficient (Wildman–Crippen LogP) is 4.84. The number of halogens is 1. The Morgan fingerprint density at radius 3 is 2.00 bits per heavy atom. The fourth-order valence-electron chi connectivity index (χ4n) is 2.35. The fraction of sp³-hybridized carbons (Fsp3) is 0.353. The normalized spacial score (nSPS) is 10.5. The lowest BCUT2D eigenvalue weighted by molar-refractivity contribution is 0.391. The van der Waals surface area contributed by atoms with E-state index >= 15 is 0 Å². The van der Waals surface area contributed by atoms with Crippen molar-refractivity contribution in [1.29, 1.82) is 0 Å². The largest absolute Gasteiger partial charge is 0.496 e. The summed E-state index contributed by atoms with van der Waals surface area (Å²) in [6.45, 7) is 8.08. The van der Waals surface area contributed by atoms with Crippen LogP contribution >= 0.6 is 15.9 Å². The number of nitrogens with zero attached hydrogens (tertiary/aromatic N) is 1. The summed E-state index contributed by atoms with van der Waals surface area (Å²) < 4.78 is 11.8. The van der Waals surface area contributed by atoms with Gasteiger partial charge in [0.05, 0.1) is 24.4 Å². The molecule has 0 saturated heterocycles. The lowest BCUT2D eigenvalue weighted by atomic mass is 10.1. The molecular formula is C17H21BrN2O2. The average molecular weight is 365 g/mol. The molecule has 1 aromatic heterocycles. The van der Waals surface area contributed by atoms with Crippen LogP contribution in [0.5, 0.6) is 11.5 Å². The van der Waals surface area contributed by atoms with Gasteiger partial charge in [-0.25, -0.2) is 4.98 Å². The molecule has 1 heterocycles. The number of hydrogen-bond donors (Lipinski definition) is 1. The first-order valence-electron chi connectivity index (χ1n) is 7.02. The van der Waals surface area contributed by atoms with E-state index in [1.807, 2.05) is 33.8 Å². The Balaban J connectivity index is 2.56. The molecule has 0 aliphatic rings. The smallest absolute Gasteiger partial charge is 0.145 e. The predicted molar refractivity (Wildman–Crippen MR) is 93.7 cm³/mol. The van der Waals surface area contributed by atoms with E-state index in [4.69, 9.17) is 9.47 Å². The highest BCUT2D eigenvalue weighted by molar-refractivity contribution is 9.10. The van der Waals surface area contributed by atoms with Crippen molar-refractivity contribution in [2.75, 3.05) is 19.5 Å². The Hall–Kier alpha value is -1.75. The Kier molecular flexibility index (Phi) is 4.96. The van der Waals surface area contributed by atoms with Crippen LogP contribution in [0.15, 0.2) is 16.6 Å². The van der Waals surface area contributed by atoms with Gasteiger partial charge in [-0.15, -0.1) is 0 Å². The van der Waals surface area contributed by atoms with Gasteiger partial charge in [0.2, 0.25) is 0 Å². The Bertz CT molecular complexity index is 686. The molecule has 0 bridgehead atoms. The summed E-state index contributed by atoms with van der Waals surface area (Å²) in [6, 6.07) is 3.96. The van der Waals surface area contributed by atoms with Gasteiger partial charge in [0.15, 0.2) is 0 Å². The molecule has 0 saturated carbocycles. The maximum absolute atomic E-state index is 5.44. The van der Waals surface area contributed by atoms with E-state index in [1.54, 1.807) is 14.2 Å². The van der Waals surface area contributed by atoms with Crippen molar-refractivity contribution in [2.24, 2.45) is 0 Å². The molecule has 22 heavy (non-hydrogen) atoms. The van der Waals surface area contributed by atoms with E-state index in [9.17, 15) is 0 Å². The number of ether oxygens (including phenoxy) is 2. The summed E-state index contributed by atoms with van der Waals surface area (Å²) in [6.07, 6.45) is 0. The molecule has 0 unspecified atom stereocenters. The number of anilines is 2. The molecule has 0 radical (unpaired) electrons. The van der Waals surface area contributed by atoms with E-state index in [0.717, 1.165) is 49.9 Å². The van der Waals surface area contributed by atoms with Crippen molar-refractivity contribution in [3.05, 3.63) is 39.0 Å². The highest BCUT2D eigenvalue weighted by atomic mass is 79.9. The molecule has 0 fully saturated rings. The number of nitrogens with one attached hydrogen (secondary N) is 1. The van der Waals surface area contributed by atoms with Gasteiger partial charge >= 0.3 is 0 Å². The SMILES string of the molecule is COc1cc(OC)c(C)c(Nc2nc(C)c(C)cc2Br)c1C. The second-order valence-corrected chi connectivity index (χ2v) is 6.11. The van der Waals surface area contributed by atoms with Crippen molar-refractivity contribution in [1.82, 2.24) is 4.98 Å². The number of pyridine rings is 1. The zero-order chi connectivity index (χ0) is 16.4. The van der Waals surface area contributed by atoms with Crippen LogP contribution in [-0.2, 0) is 0 Å². The van der Waals surface area contributed by atoms with Gasteiger partial charge in [-0.05, 0) is 55.3 Å². The number of hydrogen-bond acceptors (Lipinski definition) is 4. The zero-order valence-electron chi connectivity index (χ0n) is 13.8. The van der Waals surface area contributed by atoms with Crippen LogP contribution in [0.2, 0.25) is 0 Å². The maximum Gasteiger partial charge on any atom is 0.145 e. The van der Waals surface area contributed by atoms with Gasteiger partial charge in [-0.2, -0.15) is 0 Å². The third-order valence-electron chi connectivity index (χ3n) is 3.85. The Morgan fingerprint density at radius 1 is 0.955 bits per heavy atom. The molecule has 5 heteroatoms. The standard InChI is InChI=1S/C17H21BrN2O2/c1-9-7-13(18)17(19-12(9)4)20-16-10(2)14(21-5)8-15(22-6)11(16)3/h7-8H,1-6H3,(H,19,20). The van der Waals surface area contributed by atoms with E-state index in [1.165, 1.54) is 0 Å². The van der Waals surface area contributed by atoms with Crippen molar-refractivity contribution in [3.8, 4) is 11.5 Å². The van der Waals surface area contributed by atoms with Crippen LogP contribution in [0, 0.1) is 27.7 Å². The fourth-order valence-corrected chi connectivity index (χ4v) is 2.88. The molecule has 0 atom stereocenters. The number of methoxy groups -OCH3 is 2. The summed E-state index contributed by atoms with van der Waals surface area (Å²) in [4.78, 5) is 4.62. The Morgan fingerprint density at radius 2 is 1.50 bits per heavy atom. The van der Waals surface area contributed by atoms with Gasteiger partial charge in [0.1, 0.15) is 17.3 Å². The second kappa shape index (κ2) is 6.57. The van der Waals surface area contributed by atoms with E-state index in [-0.39, 0.29) is 0 Å². The topological polar surface area (TPSA) is 43.4 Å². The van der Waals surface area contributed by atoms with Crippen LogP contribution in [0.4, 0.5) is 11.5 Å².